The van der Waals surface area contributed by atoms with Gasteiger partial charge in [-0.05, 0) is 55.5 Å². The van der Waals surface area contributed by atoms with E-state index in [1.54, 1.807) is 18.7 Å². The lowest BCUT2D eigenvalue weighted by Crippen LogP contribution is -2.47. The van der Waals surface area contributed by atoms with E-state index in [1.807, 2.05) is 12.1 Å². The molecule has 41 heavy (non-hydrogen) atoms. The molecule has 4 aromatic rings. The quantitative estimate of drug-likeness (QED) is 0.294. The maximum absolute atomic E-state index is 11.7. The van der Waals surface area contributed by atoms with E-state index < -0.39 is 0 Å². The third-order valence-electron chi connectivity index (χ3n) is 8.25. The second-order valence-corrected chi connectivity index (χ2v) is 10.9. The summed E-state index contributed by atoms with van der Waals surface area (Å²) in [7, 11) is 0. The van der Waals surface area contributed by atoms with Gasteiger partial charge in [0.1, 0.15) is 17.8 Å². The Bertz CT molecular complexity index is 1540. The van der Waals surface area contributed by atoms with Gasteiger partial charge in [-0.2, -0.15) is 0 Å². The first-order valence-electron chi connectivity index (χ1n) is 14.2. The van der Waals surface area contributed by atoms with Gasteiger partial charge in [0.2, 0.25) is 11.9 Å². The molecule has 1 amide bonds. The number of benzene rings is 1. The second-order valence-electron chi connectivity index (χ2n) is 10.9. The fraction of sp³-hybridized carbons (Fsp3) is 0.367. The number of carbonyl (C=O) groups excluding carboxylic acids is 1. The zero-order chi connectivity index (χ0) is 27.8. The van der Waals surface area contributed by atoms with Crippen LogP contribution >= 0.6 is 0 Å². The van der Waals surface area contributed by atoms with E-state index in [0.717, 1.165) is 84.9 Å². The Morgan fingerprint density at radius 3 is 2.56 bits per heavy atom. The van der Waals surface area contributed by atoms with Crippen LogP contribution in [0.3, 0.4) is 0 Å². The van der Waals surface area contributed by atoms with Gasteiger partial charge in [-0.25, -0.2) is 19.9 Å². The van der Waals surface area contributed by atoms with E-state index in [1.165, 1.54) is 6.08 Å². The maximum Gasteiger partial charge on any atom is 0.243 e. The van der Waals surface area contributed by atoms with E-state index in [4.69, 9.17) is 4.74 Å². The highest BCUT2D eigenvalue weighted by molar-refractivity contribution is 5.92. The number of hydrogen-bond acceptors (Lipinski definition) is 9. The normalized spacial score (nSPS) is 22.1. The minimum absolute atomic E-state index is 0.0690. The van der Waals surface area contributed by atoms with Gasteiger partial charge in [0.25, 0.3) is 0 Å². The van der Waals surface area contributed by atoms with Gasteiger partial charge in [-0.15, -0.1) is 0 Å². The lowest BCUT2D eigenvalue weighted by atomic mass is 10.1. The third kappa shape index (κ3) is 5.08. The van der Waals surface area contributed by atoms with Crippen molar-refractivity contribution in [2.45, 2.75) is 43.8 Å². The number of amides is 1. The van der Waals surface area contributed by atoms with Crippen molar-refractivity contribution in [3.05, 3.63) is 61.7 Å². The Morgan fingerprint density at radius 1 is 1.02 bits per heavy atom. The maximum atomic E-state index is 11.7. The largest absolute Gasteiger partial charge is 0.377 e. The highest BCUT2D eigenvalue weighted by Gasteiger charge is 2.39. The number of carbonyl (C=O) groups is 1. The van der Waals surface area contributed by atoms with Crippen LogP contribution in [0, 0.1) is 0 Å². The summed E-state index contributed by atoms with van der Waals surface area (Å²) in [6.07, 6.45) is 10.7. The molecule has 0 radical (unpaired) electrons. The number of piperidine rings is 1. The number of aromatic nitrogens is 5. The summed E-state index contributed by atoms with van der Waals surface area (Å²) in [6, 6.07) is 11.2. The SMILES string of the molecule is C=CC(=O)N[C@@H]1CCCN(c2ncc(Nc3ccc(-c4cc5c(N6C7CCC6COC7)ncnc5[nH]4)cc3)cn2)C1. The smallest absolute Gasteiger partial charge is 0.243 e. The molecule has 3 aliphatic rings. The first-order chi connectivity index (χ1) is 20.1. The predicted molar refractivity (Wildman–Crippen MR) is 158 cm³/mol. The summed E-state index contributed by atoms with van der Waals surface area (Å²) in [6.45, 7) is 6.60. The summed E-state index contributed by atoms with van der Waals surface area (Å²) in [5.41, 5.74) is 4.67. The lowest BCUT2D eigenvalue weighted by molar-refractivity contribution is -0.117. The number of nitrogens with one attached hydrogen (secondary N) is 3. The first kappa shape index (κ1) is 25.5. The van der Waals surface area contributed by atoms with Gasteiger partial charge >= 0.3 is 0 Å². The molecule has 6 heterocycles. The monoisotopic (exact) mass is 551 g/mol. The predicted octanol–water partition coefficient (Wildman–Crippen LogP) is 3.80. The number of H-pyrrole nitrogens is 1. The van der Waals surface area contributed by atoms with E-state index in [0.29, 0.717) is 24.6 Å². The van der Waals surface area contributed by atoms with E-state index in [-0.39, 0.29) is 11.9 Å². The number of anilines is 4. The molecular formula is C30H33N9O2. The summed E-state index contributed by atoms with van der Waals surface area (Å²) in [5, 5.41) is 7.41. The van der Waals surface area contributed by atoms with Crippen molar-refractivity contribution in [1.29, 1.82) is 0 Å². The van der Waals surface area contributed by atoms with E-state index in [2.05, 4.69) is 70.1 Å². The molecule has 0 saturated carbocycles. The van der Waals surface area contributed by atoms with Crippen LogP contribution in [-0.4, -0.2) is 75.3 Å². The highest BCUT2D eigenvalue weighted by Crippen LogP contribution is 2.37. The van der Waals surface area contributed by atoms with Crippen molar-refractivity contribution < 1.29 is 9.53 Å². The zero-order valence-electron chi connectivity index (χ0n) is 22.8. The summed E-state index contributed by atoms with van der Waals surface area (Å²) >= 11 is 0. The molecule has 3 aliphatic heterocycles. The molecule has 3 aromatic heterocycles. The average Bonchev–Trinajstić information content (AvgIpc) is 3.55. The molecule has 2 bridgehead atoms. The molecule has 3 fully saturated rings. The Kier molecular flexibility index (Phi) is 6.71. The van der Waals surface area contributed by atoms with Crippen LogP contribution in [0.1, 0.15) is 25.7 Å². The molecule has 7 rings (SSSR count). The van der Waals surface area contributed by atoms with Crippen LogP contribution in [0.2, 0.25) is 0 Å². The number of rotatable bonds is 7. The van der Waals surface area contributed by atoms with Gasteiger partial charge in [0, 0.05) is 30.5 Å². The van der Waals surface area contributed by atoms with Gasteiger partial charge in [-0.3, -0.25) is 4.79 Å². The fourth-order valence-electron chi connectivity index (χ4n) is 6.25. The van der Waals surface area contributed by atoms with Gasteiger partial charge in [0.05, 0.1) is 48.8 Å². The fourth-order valence-corrected chi connectivity index (χ4v) is 6.25. The molecule has 11 heteroatoms. The molecule has 1 aromatic carbocycles. The molecule has 2 unspecified atom stereocenters. The minimum Gasteiger partial charge on any atom is -0.377 e. The minimum atomic E-state index is -0.147. The molecule has 11 nitrogen and oxygen atoms in total. The molecular weight excluding hydrogens is 518 g/mol. The topological polar surface area (TPSA) is 124 Å². The van der Waals surface area contributed by atoms with Crippen LogP contribution in [-0.2, 0) is 9.53 Å². The van der Waals surface area contributed by atoms with Crippen molar-refractivity contribution >= 4 is 40.1 Å². The van der Waals surface area contributed by atoms with Crippen LogP contribution < -0.4 is 20.4 Å². The molecule has 210 valence electrons. The van der Waals surface area contributed by atoms with E-state index >= 15 is 0 Å². The lowest BCUT2D eigenvalue weighted by Gasteiger charge is -2.35. The standard InChI is InChI=1S/C30H33N9O2/c1-2-27(40)36-21-4-3-11-38(15-21)30-31-13-22(14-32-30)35-20-7-5-19(6-8-20)26-12-25-28(37-26)33-18-34-29(25)39-23-9-10-24(39)17-41-16-23/h2,5-8,12-14,18,21,23-24,35H,1,3-4,9-11,15-17H2,(H,36,40)(H,33,34,37)/t21-,23?,24?/m1/s1. The second kappa shape index (κ2) is 10.8. The zero-order valence-corrected chi connectivity index (χ0v) is 22.8. The van der Waals surface area contributed by atoms with Crippen LogP contribution in [0.15, 0.2) is 61.7 Å². The number of nitrogens with zero attached hydrogens (tertiary/aromatic N) is 6. The van der Waals surface area contributed by atoms with Gasteiger partial charge in [-0.1, -0.05) is 18.7 Å². The number of aromatic amines is 1. The van der Waals surface area contributed by atoms with Crippen LogP contribution in [0.25, 0.3) is 22.3 Å². The van der Waals surface area contributed by atoms with Crippen molar-refractivity contribution in [3.63, 3.8) is 0 Å². The summed E-state index contributed by atoms with van der Waals surface area (Å²) in [5.74, 6) is 1.51. The Labute approximate surface area is 238 Å². The molecule has 3 saturated heterocycles. The molecule has 3 N–H and O–H groups in total. The number of ether oxygens (including phenoxy) is 1. The summed E-state index contributed by atoms with van der Waals surface area (Å²) in [4.78, 5) is 38.1. The van der Waals surface area contributed by atoms with Crippen molar-refractivity contribution in [1.82, 2.24) is 30.2 Å². The third-order valence-corrected chi connectivity index (χ3v) is 8.25. The average molecular weight is 552 g/mol. The van der Waals surface area contributed by atoms with Gasteiger partial charge in [0.15, 0.2) is 0 Å². The van der Waals surface area contributed by atoms with E-state index in [9.17, 15) is 4.79 Å². The molecule has 0 spiro atoms. The Balaban J connectivity index is 1.03. The van der Waals surface area contributed by atoms with Crippen molar-refractivity contribution in [2.75, 3.05) is 41.4 Å². The van der Waals surface area contributed by atoms with Crippen LogP contribution in [0.4, 0.5) is 23.1 Å². The van der Waals surface area contributed by atoms with Gasteiger partial charge < -0.3 is 30.2 Å². The summed E-state index contributed by atoms with van der Waals surface area (Å²) < 4.78 is 5.78. The number of fused-ring (bicyclic) bond motifs is 3. The number of hydrogen-bond donors (Lipinski definition) is 3. The number of morpholine rings is 1. The van der Waals surface area contributed by atoms with Crippen LogP contribution in [0.5, 0.6) is 0 Å². The highest BCUT2D eigenvalue weighted by atomic mass is 16.5. The Hall–Kier alpha value is -4.51. The van der Waals surface area contributed by atoms with Crippen molar-refractivity contribution in [2.24, 2.45) is 0 Å². The Morgan fingerprint density at radius 2 is 1.80 bits per heavy atom. The van der Waals surface area contributed by atoms with Crippen molar-refractivity contribution in [3.8, 4) is 11.3 Å². The molecule has 3 atom stereocenters. The first-order valence-corrected chi connectivity index (χ1v) is 14.2. The molecule has 0 aliphatic carbocycles.